The van der Waals surface area contributed by atoms with Crippen LogP contribution in [-0.4, -0.2) is 86.9 Å². The number of hydrogen-bond donors (Lipinski definition) is 2. The lowest BCUT2D eigenvalue weighted by molar-refractivity contribution is -0.165. The molecule has 1 spiro atoms. The van der Waals surface area contributed by atoms with E-state index in [2.05, 4.69) is 27.0 Å². The Hall–Kier alpha value is -2.88. The SMILES string of the molecule is Cc1ncc(C(=O)N2CCCCC3(CCN(Cc4ccccc4)CC3)C(=O)OC[C@@H](O)[C@@H](O)CC2)c(C)n1. The zero-order valence-electron chi connectivity index (χ0n) is 22.5. The van der Waals surface area contributed by atoms with Gasteiger partial charge in [-0.1, -0.05) is 36.8 Å². The summed E-state index contributed by atoms with van der Waals surface area (Å²) in [7, 11) is 0. The molecule has 2 aliphatic rings. The van der Waals surface area contributed by atoms with Crippen LogP contribution in [0, 0.1) is 19.3 Å². The third-order valence-electron chi connectivity index (χ3n) is 7.97. The van der Waals surface area contributed by atoms with E-state index in [1.54, 1.807) is 24.9 Å². The van der Waals surface area contributed by atoms with Gasteiger partial charge in [0.2, 0.25) is 0 Å². The van der Waals surface area contributed by atoms with Crippen LogP contribution >= 0.6 is 0 Å². The van der Waals surface area contributed by atoms with Crippen LogP contribution in [-0.2, 0) is 16.1 Å². The van der Waals surface area contributed by atoms with Crippen molar-refractivity contribution in [1.82, 2.24) is 19.8 Å². The lowest BCUT2D eigenvalue weighted by Gasteiger charge is -2.40. The summed E-state index contributed by atoms with van der Waals surface area (Å²) in [5, 5.41) is 21.0. The third kappa shape index (κ3) is 6.95. The fourth-order valence-corrected chi connectivity index (χ4v) is 5.49. The maximum Gasteiger partial charge on any atom is 0.312 e. The number of ether oxygens (including phenoxy) is 1. The van der Waals surface area contributed by atoms with Crippen molar-refractivity contribution < 1.29 is 24.5 Å². The van der Waals surface area contributed by atoms with Gasteiger partial charge in [-0.15, -0.1) is 0 Å². The van der Waals surface area contributed by atoms with Gasteiger partial charge in [-0.25, -0.2) is 9.97 Å². The number of cyclic esters (lactones) is 1. The maximum atomic E-state index is 13.4. The first-order valence-electron chi connectivity index (χ1n) is 13.7. The molecule has 0 bridgehead atoms. The second-order valence-electron chi connectivity index (χ2n) is 10.7. The van der Waals surface area contributed by atoms with E-state index >= 15 is 0 Å². The van der Waals surface area contributed by atoms with Crippen molar-refractivity contribution in [3.63, 3.8) is 0 Å². The van der Waals surface area contributed by atoms with E-state index in [0.717, 1.165) is 32.5 Å². The number of carbonyl (C=O) groups excluding carboxylic acids is 2. The van der Waals surface area contributed by atoms with Crippen LogP contribution in [0.25, 0.3) is 0 Å². The summed E-state index contributed by atoms with van der Waals surface area (Å²) >= 11 is 0. The lowest BCUT2D eigenvalue weighted by Crippen LogP contribution is -2.45. The van der Waals surface area contributed by atoms with Crippen LogP contribution in [0.15, 0.2) is 36.5 Å². The number of nitrogens with zero attached hydrogens (tertiary/aromatic N) is 4. The number of carbonyl (C=O) groups is 2. The first-order chi connectivity index (χ1) is 18.3. The first-order valence-corrected chi connectivity index (χ1v) is 13.7. The van der Waals surface area contributed by atoms with Gasteiger partial charge in [0, 0.05) is 25.8 Å². The maximum absolute atomic E-state index is 13.4. The number of rotatable bonds is 3. The molecule has 38 heavy (non-hydrogen) atoms. The van der Waals surface area contributed by atoms with Crippen molar-refractivity contribution in [3.8, 4) is 0 Å². The molecule has 1 amide bonds. The van der Waals surface area contributed by atoms with Gasteiger partial charge in [-0.2, -0.15) is 0 Å². The summed E-state index contributed by atoms with van der Waals surface area (Å²) < 4.78 is 5.59. The molecule has 2 atom stereocenters. The molecule has 0 saturated carbocycles. The number of amides is 1. The largest absolute Gasteiger partial charge is 0.462 e. The van der Waals surface area contributed by atoms with Crippen molar-refractivity contribution in [1.29, 1.82) is 0 Å². The van der Waals surface area contributed by atoms with E-state index in [1.807, 2.05) is 18.2 Å². The minimum Gasteiger partial charge on any atom is -0.462 e. The van der Waals surface area contributed by atoms with Gasteiger partial charge in [0.25, 0.3) is 5.91 Å². The molecule has 1 aromatic carbocycles. The highest BCUT2D eigenvalue weighted by Crippen LogP contribution is 2.38. The lowest BCUT2D eigenvalue weighted by atomic mass is 9.74. The summed E-state index contributed by atoms with van der Waals surface area (Å²) in [6, 6.07) is 10.3. The Kier molecular flexibility index (Phi) is 9.46. The molecule has 9 nitrogen and oxygen atoms in total. The zero-order valence-corrected chi connectivity index (χ0v) is 22.5. The molecule has 2 saturated heterocycles. The van der Waals surface area contributed by atoms with Crippen LogP contribution in [0.4, 0.5) is 0 Å². The quantitative estimate of drug-likeness (QED) is 0.589. The molecule has 2 aliphatic heterocycles. The summed E-state index contributed by atoms with van der Waals surface area (Å²) in [6.45, 7) is 6.49. The number of aromatic nitrogens is 2. The van der Waals surface area contributed by atoms with Crippen LogP contribution < -0.4 is 0 Å². The van der Waals surface area contributed by atoms with Crippen molar-refractivity contribution in [2.24, 2.45) is 5.41 Å². The van der Waals surface area contributed by atoms with Crippen molar-refractivity contribution >= 4 is 11.9 Å². The fourth-order valence-electron chi connectivity index (χ4n) is 5.49. The van der Waals surface area contributed by atoms with Crippen molar-refractivity contribution in [2.75, 3.05) is 32.8 Å². The molecule has 0 aliphatic carbocycles. The predicted molar refractivity (Wildman–Crippen MR) is 142 cm³/mol. The fraction of sp³-hybridized carbons (Fsp3) is 0.586. The number of piperidine rings is 1. The van der Waals surface area contributed by atoms with E-state index in [9.17, 15) is 19.8 Å². The van der Waals surface area contributed by atoms with Crippen LogP contribution in [0.5, 0.6) is 0 Å². The van der Waals surface area contributed by atoms with E-state index in [4.69, 9.17) is 4.74 Å². The number of benzene rings is 1. The third-order valence-corrected chi connectivity index (χ3v) is 7.97. The molecule has 3 heterocycles. The standard InChI is InChI=1S/C29H40N4O5/c1-21-24(18-30-22(2)31-21)27(36)33-14-7-6-11-29(28(37)38-20-26(35)25(34)10-15-33)12-16-32(17-13-29)19-23-8-4-3-5-9-23/h3-5,8-9,18,25-26,34-35H,6-7,10-17,19-20H2,1-2H3/t25-,26+/m0/s1. The Labute approximate surface area is 224 Å². The second kappa shape index (κ2) is 12.8. The van der Waals surface area contributed by atoms with Gasteiger partial charge in [-0.3, -0.25) is 14.5 Å². The van der Waals surface area contributed by atoms with Gasteiger partial charge in [0.1, 0.15) is 18.5 Å². The molecule has 2 fully saturated rings. The monoisotopic (exact) mass is 524 g/mol. The van der Waals surface area contributed by atoms with Gasteiger partial charge < -0.3 is 19.8 Å². The molecular weight excluding hydrogens is 484 g/mol. The zero-order chi connectivity index (χ0) is 27.1. The van der Waals surface area contributed by atoms with E-state index in [-0.39, 0.29) is 31.4 Å². The van der Waals surface area contributed by atoms with Crippen LogP contribution in [0.2, 0.25) is 0 Å². The van der Waals surface area contributed by atoms with Crippen LogP contribution in [0.1, 0.15) is 66.0 Å². The molecule has 1 aromatic heterocycles. The Balaban J connectivity index is 1.45. The summed E-state index contributed by atoms with van der Waals surface area (Å²) in [4.78, 5) is 39.3. The smallest absolute Gasteiger partial charge is 0.312 e. The van der Waals surface area contributed by atoms with E-state index in [1.165, 1.54) is 5.56 Å². The molecular formula is C29H40N4O5. The highest BCUT2D eigenvalue weighted by molar-refractivity contribution is 5.94. The summed E-state index contributed by atoms with van der Waals surface area (Å²) in [6.07, 6.45) is 2.92. The Morgan fingerprint density at radius 2 is 1.76 bits per heavy atom. The normalized spacial score (nSPS) is 23.7. The molecule has 206 valence electrons. The molecule has 9 heteroatoms. The second-order valence-corrected chi connectivity index (χ2v) is 10.7. The topological polar surface area (TPSA) is 116 Å². The number of hydrogen-bond acceptors (Lipinski definition) is 8. The number of aliphatic hydroxyl groups excluding tert-OH is 2. The minimum atomic E-state index is -1.21. The van der Waals surface area contributed by atoms with Gasteiger partial charge >= 0.3 is 5.97 Å². The van der Waals surface area contributed by atoms with Gasteiger partial charge in [-0.05, 0) is 64.6 Å². The summed E-state index contributed by atoms with van der Waals surface area (Å²) in [5.41, 5.74) is 1.68. The van der Waals surface area contributed by atoms with Crippen molar-refractivity contribution in [3.05, 3.63) is 59.2 Å². The first kappa shape index (κ1) is 28.1. The number of aryl methyl sites for hydroxylation is 2. The predicted octanol–water partition coefficient (Wildman–Crippen LogP) is 2.66. The molecule has 0 unspecified atom stereocenters. The van der Waals surface area contributed by atoms with Crippen LogP contribution in [0.3, 0.4) is 0 Å². The molecule has 2 aromatic rings. The molecule has 2 N–H and O–H groups in total. The van der Waals surface area contributed by atoms with Crippen molar-refractivity contribution in [2.45, 2.75) is 71.1 Å². The number of likely N-dealkylation sites (tertiary alicyclic amines) is 1. The molecule has 0 radical (unpaired) electrons. The minimum absolute atomic E-state index is 0.176. The Bertz CT molecular complexity index is 1090. The number of esters is 1. The Morgan fingerprint density at radius 1 is 1.03 bits per heavy atom. The van der Waals surface area contributed by atoms with E-state index < -0.39 is 17.6 Å². The highest BCUT2D eigenvalue weighted by atomic mass is 16.5. The highest BCUT2D eigenvalue weighted by Gasteiger charge is 2.42. The van der Waals surface area contributed by atoms with Gasteiger partial charge in [0.15, 0.2) is 0 Å². The van der Waals surface area contributed by atoms with E-state index in [0.29, 0.717) is 42.9 Å². The van der Waals surface area contributed by atoms with Gasteiger partial charge in [0.05, 0.1) is 22.8 Å². The summed E-state index contributed by atoms with van der Waals surface area (Å²) in [5.74, 6) is 0.130. The average Bonchev–Trinajstić information content (AvgIpc) is 2.92. The molecule has 4 rings (SSSR count). The number of aliphatic hydroxyl groups is 2. The average molecular weight is 525 g/mol. The Morgan fingerprint density at radius 3 is 2.47 bits per heavy atom.